The van der Waals surface area contributed by atoms with E-state index in [1.54, 1.807) is 39.0 Å². The van der Waals surface area contributed by atoms with Gasteiger partial charge in [-0.3, -0.25) is 9.79 Å². The highest BCUT2D eigenvalue weighted by atomic mass is 32.2. The summed E-state index contributed by atoms with van der Waals surface area (Å²) < 4.78 is 42.6. The molecule has 38 heavy (non-hydrogen) atoms. The minimum absolute atomic E-state index is 0.0339. The van der Waals surface area contributed by atoms with Crippen molar-refractivity contribution >= 4 is 27.3 Å². The van der Waals surface area contributed by atoms with Gasteiger partial charge in [-0.25, -0.2) is 23.4 Å². The van der Waals surface area contributed by atoms with Crippen LogP contribution in [-0.2, 0) is 22.0 Å². The number of carbonyl (C=O) groups excluding carboxylic acids is 1. The van der Waals surface area contributed by atoms with Crippen molar-refractivity contribution in [1.29, 1.82) is 0 Å². The fourth-order valence-corrected chi connectivity index (χ4v) is 7.04. The van der Waals surface area contributed by atoms with Gasteiger partial charge in [0.2, 0.25) is 11.8 Å². The van der Waals surface area contributed by atoms with Crippen LogP contribution in [-0.4, -0.2) is 51.2 Å². The first-order valence-corrected chi connectivity index (χ1v) is 13.5. The zero-order chi connectivity index (χ0) is 27.3. The summed E-state index contributed by atoms with van der Waals surface area (Å²) in [5.41, 5.74) is 5.99. The molecule has 0 saturated heterocycles. The van der Waals surface area contributed by atoms with Crippen LogP contribution in [0, 0.1) is 0 Å². The van der Waals surface area contributed by atoms with Crippen molar-refractivity contribution in [3.63, 3.8) is 0 Å². The molecule has 0 unspecified atom stereocenters. The van der Waals surface area contributed by atoms with E-state index in [-0.39, 0.29) is 36.5 Å². The normalized spacial score (nSPS) is 25.1. The van der Waals surface area contributed by atoms with Crippen LogP contribution >= 0.6 is 0 Å². The monoisotopic (exact) mass is 540 g/mol. The molecule has 0 fully saturated rings. The van der Waals surface area contributed by atoms with Gasteiger partial charge in [-0.2, -0.15) is 0 Å². The Hall–Kier alpha value is -4.00. The minimum Gasteiger partial charge on any atom is -0.490 e. The maximum absolute atomic E-state index is 13.7. The number of nitrogens with one attached hydrogen (secondary N) is 1. The zero-order valence-electron chi connectivity index (χ0n) is 21.3. The summed E-state index contributed by atoms with van der Waals surface area (Å²) in [6.45, 7) is 6.78. The topological polar surface area (TPSA) is 172 Å². The first kappa shape index (κ1) is 25.6. The summed E-state index contributed by atoms with van der Waals surface area (Å²) in [4.78, 5) is 29.8. The third-order valence-corrected chi connectivity index (χ3v) is 10.1. The molecule has 0 aliphatic carbocycles. The van der Waals surface area contributed by atoms with Gasteiger partial charge < -0.3 is 24.9 Å². The average Bonchev–Trinajstić information content (AvgIpc) is 3.36. The van der Waals surface area contributed by atoms with Gasteiger partial charge in [-0.1, -0.05) is 0 Å². The quantitative estimate of drug-likeness (QED) is 0.490. The standard InChI is InChI=1S/C25H28N6O6S/c1-14-9-19-25(4,31-23(26)24(2,3)38(19,33)34)16-10-15(5-6-18(16)37-14)30-22(32)17-11-29-20(12-28-17)36-13-21-27-7-8-35-21/h5-8,10-12,14,19H,9,13H2,1-4H3,(H2,26,31)(H,30,32)/t14-,19+,25+/m0/s1. The number of anilines is 1. The summed E-state index contributed by atoms with van der Waals surface area (Å²) in [7, 11) is -3.73. The van der Waals surface area contributed by atoms with Crippen molar-refractivity contribution < 1.29 is 27.1 Å². The number of rotatable bonds is 5. The zero-order valence-corrected chi connectivity index (χ0v) is 22.2. The Balaban J connectivity index is 1.41. The van der Waals surface area contributed by atoms with Gasteiger partial charge in [0, 0.05) is 17.7 Å². The maximum Gasteiger partial charge on any atom is 0.275 e. The molecule has 1 amide bonds. The number of aromatic nitrogens is 3. The van der Waals surface area contributed by atoms with Crippen LogP contribution in [0.2, 0.25) is 0 Å². The molecule has 12 nitrogen and oxygen atoms in total. The molecule has 13 heteroatoms. The Morgan fingerprint density at radius 2 is 2.00 bits per heavy atom. The molecule has 3 N–H and O–H groups in total. The predicted molar refractivity (Wildman–Crippen MR) is 138 cm³/mol. The SMILES string of the molecule is C[C@H]1C[C@@H]2[C@](C)(N=C(N)C(C)(C)S2(=O)=O)c2cc(NC(=O)c3cnc(OCc4ncco4)cn3)ccc2O1. The summed E-state index contributed by atoms with van der Waals surface area (Å²) >= 11 is 0. The molecule has 200 valence electrons. The Morgan fingerprint density at radius 1 is 1.21 bits per heavy atom. The van der Waals surface area contributed by atoms with E-state index in [0.717, 1.165) is 0 Å². The third-order valence-electron chi connectivity index (χ3n) is 7.03. The number of hydrogen-bond acceptors (Lipinski definition) is 11. The second-order valence-corrected chi connectivity index (χ2v) is 12.7. The number of nitrogens with zero attached hydrogens (tertiary/aromatic N) is 4. The summed E-state index contributed by atoms with van der Waals surface area (Å²) in [5, 5.41) is 1.92. The second kappa shape index (κ2) is 9.08. The smallest absolute Gasteiger partial charge is 0.275 e. The van der Waals surface area contributed by atoms with E-state index in [2.05, 4.69) is 20.3 Å². The number of aliphatic imine (C=N–C) groups is 1. The number of sulfone groups is 1. The average molecular weight is 541 g/mol. The molecule has 2 aromatic heterocycles. The summed E-state index contributed by atoms with van der Waals surface area (Å²) in [5.74, 6) is 0.589. The van der Waals surface area contributed by atoms with Crippen LogP contribution < -0.4 is 20.5 Å². The number of amides is 1. The Kier molecular flexibility index (Phi) is 6.13. The van der Waals surface area contributed by atoms with E-state index in [9.17, 15) is 13.2 Å². The van der Waals surface area contributed by atoms with E-state index in [0.29, 0.717) is 22.9 Å². The van der Waals surface area contributed by atoms with Gasteiger partial charge in [0.25, 0.3) is 5.91 Å². The highest BCUT2D eigenvalue weighted by Crippen LogP contribution is 2.49. The van der Waals surface area contributed by atoms with Crippen LogP contribution in [0.25, 0.3) is 0 Å². The number of carbonyl (C=O) groups is 1. The van der Waals surface area contributed by atoms with E-state index in [1.807, 2.05) is 6.92 Å². The molecule has 1 aromatic carbocycles. The second-order valence-electron chi connectivity index (χ2n) is 9.97. The van der Waals surface area contributed by atoms with Gasteiger partial charge in [0.05, 0.1) is 29.9 Å². The first-order valence-electron chi connectivity index (χ1n) is 12.0. The lowest BCUT2D eigenvalue weighted by Gasteiger charge is -2.43. The van der Waals surface area contributed by atoms with Crippen LogP contribution in [0.5, 0.6) is 11.6 Å². The van der Waals surface area contributed by atoms with Crippen LogP contribution in [0.15, 0.2) is 52.5 Å². The molecule has 3 atom stereocenters. The van der Waals surface area contributed by atoms with Crippen molar-refractivity contribution in [3.8, 4) is 11.6 Å². The summed E-state index contributed by atoms with van der Waals surface area (Å²) in [6, 6.07) is 5.03. The van der Waals surface area contributed by atoms with Crippen molar-refractivity contribution in [1.82, 2.24) is 15.0 Å². The number of amidine groups is 1. The van der Waals surface area contributed by atoms with Crippen LogP contribution in [0.4, 0.5) is 5.69 Å². The lowest BCUT2D eigenvalue weighted by atomic mass is 9.85. The fraction of sp³-hybridized carbons (Fsp3) is 0.400. The van der Waals surface area contributed by atoms with Crippen LogP contribution in [0.3, 0.4) is 0 Å². The molecule has 0 radical (unpaired) electrons. The number of oxazole rings is 1. The highest BCUT2D eigenvalue weighted by Gasteiger charge is 2.58. The summed E-state index contributed by atoms with van der Waals surface area (Å²) in [6.07, 6.45) is 5.41. The molecule has 2 aliphatic rings. The van der Waals surface area contributed by atoms with Crippen molar-refractivity contribution in [2.24, 2.45) is 10.7 Å². The maximum atomic E-state index is 13.7. The molecular formula is C25H28N6O6S. The molecule has 2 aliphatic heterocycles. The fourth-order valence-electron chi connectivity index (χ4n) is 4.69. The molecule has 0 bridgehead atoms. The van der Waals surface area contributed by atoms with E-state index in [4.69, 9.17) is 24.6 Å². The van der Waals surface area contributed by atoms with Gasteiger partial charge in [-0.15, -0.1) is 0 Å². The largest absolute Gasteiger partial charge is 0.490 e. The molecule has 0 saturated carbocycles. The number of hydrogen-bond donors (Lipinski definition) is 2. The number of ether oxygens (including phenoxy) is 2. The van der Waals surface area contributed by atoms with Crippen molar-refractivity contribution in [2.75, 3.05) is 5.32 Å². The van der Waals surface area contributed by atoms with E-state index in [1.165, 1.54) is 24.9 Å². The molecule has 3 aromatic rings. The molecular weight excluding hydrogens is 512 g/mol. The van der Waals surface area contributed by atoms with Gasteiger partial charge in [0.15, 0.2) is 16.4 Å². The Labute approximate surface area is 219 Å². The first-order chi connectivity index (χ1) is 17.9. The Morgan fingerprint density at radius 3 is 2.68 bits per heavy atom. The molecule has 5 rings (SSSR count). The highest BCUT2D eigenvalue weighted by molar-refractivity contribution is 7.94. The van der Waals surface area contributed by atoms with Gasteiger partial charge in [0.1, 0.15) is 33.8 Å². The molecule has 0 spiro atoms. The van der Waals surface area contributed by atoms with Gasteiger partial charge >= 0.3 is 0 Å². The number of nitrogens with two attached hydrogens (primary N) is 1. The van der Waals surface area contributed by atoms with Crippen LogP contribution in [0.1, 0.15) is 56.1 Å². The van der Waals surface area contributed by atoms with Gasteiger partial charge in [-0.05, 0) is 45.9 Å². The van der Waals surface area contributed by atoms with E-state index >= 15 is 0 Å². The lowest BCUT2D eigenvalue weighted by Crippen LogP contribution is -2.60. The minimum atomic E-state index is -3.73. The third kappa shape index (κ3) is 4.26. The number of fused-ring (bicyclic) bond motifs is 3. The number of benzene rings is 1. The predicted octanol–water partition coefficient (Wildman–Crippen LogP) is 2.61. The van der Waals surface area contributed by atoms with E-state index < -0.39 is 31.3 Å². The van der Waals surface area contributed by atoms with Crippen molar-refractivity contribution in [2.45, 2.75) is 62.4 Å². The van der Waals surface area contributed by atoms with Crippen molar-refractivity contribution in [3.05, 3.63) is 60.2 Å². The lowest BCUT2D eigenvalue weighted by molar-refractivity contribution is 0.102. The molecule has 4 heterocycles. The Bertz CT molecular complexity index is 1500.